The van der Waals surface area contributed by atoms with E-state index in [0.29, 0.717) is 10.9 Å². The van der Waals surface area contributed by atoms with Gasteiger partial charge in [-0.25, -0.2) is 18.4 Å². The third-order valence-electron chi connectivity index (χ3n) is 4.79. The van der Waals surface area contributed by atoms with Crippen LogP contribution in [-0.2, 0) is 16.0 Å². The van der Waals surface area contributed by atoms with Gasteiger partial charge in [0.15, 0.2) is 5.82 Å². The lowest BCUT2D eigenvalue weighted by molar-refractivity contribution is 0.0284. The van der Waals surface area contributed by atoms with Gasteiger partial charge in [-0.2, -0.15) is 4.68 Å². The Morgan fingerprint density at radius 2 is 1.57 bits per heavy atom. The number of nitrogens with zero attached hydrogens (tertiary/aromatic N) is 3. The first kappa shape index (κ1) is 25.9. The van der Waals surface area contributed by atoms with Gasteiger partial charge in [0, 0.05) is 19.0 Å². The first-order valence-electron chi connectivity index (χ1n) is 11.0. The van der Waals surface area contributed by atoms with Crippen LogP contribution in [0.1, 0.15) is 47.1 Å². The molecule has 0 atom stereocenters. The largest absolute Gasteiger partial charge is 0.444 e. The number of aromatic nitrogens is 2. The van der Waals surface area contributed by atoms with E-state index in [1.165, 1.54) is 30.1 Å². The summed E-state index contributed by atoms with van der Waals surface area (Å²) in [6.07, 6.45) is -1.33. The van der Waals surface area contributed by atoms with E-state index in [9.17, 15) is 9.59 Å². The van der Waals surface area contributed by atoms with Crippen LogP contribution in [-0.4, -0.2) is 45.1 Å². The van der Waals surface area contributed by atoms with Gasteiger partial charge in [0.05, 0.1) is 11.1 Å². The lowest BCUT2D eigenvalue weighted by atomic mass is 10.0. The second-order valence-electron chi connectivity index (χ2n) is 10.3. The molecule has 0 bridgehead atoms. The zero-order chi connectivity index (χ0) is 26.3. The zero-order valence-electron chi connectivity index (χ0n) is 20.9. The second kappa shape index (κ2) is 9.16. The van der Waals surface area contributed by atoms with Crippen LogP contribution in [0.2, 0.25) is 0 Å². The highest BCUT2D eigenvalue weighted by atomic mass is 19.1. The third-order valence-corrected chi connectivity index (χ3v) is 4.79. The molecule has 0 aliphatic heterocycles. The molecule has 2 N–H and O–H groups in total. The van der Waals surface area contributed by atoms with Gasteiger partial charge in [-0.3, -0.25) is 0 Å². The number of fused-ring (bicyclic) bond motifs is 1. The fraction of sp³-hybridized carbons (Fsp3) is 0.400. The molecular formula is C25H30F2N4O4. The van der Waals surface area contributed by atoms with Gasteiger partial charge in [-0.1, -0.05) is 6.07 Å². The summed E-state index contributed by atoms with van der Waals surface area (Å²) < 4.78 is 41.7. The number of hydrogen-bond donors (Lipinski definition) is 1. The third kappa shape index (κ3) is 6.06. The van der Waals surface area contributed by atoms with Crippen molar-refractivity contribution in [2.75, 3.05) is 12.8 Å². The highest BCUT2D eigenvalue weighted by molar-refractivity contribution is 5.97. The molecule has 188 valence electrons. The van der Waals surface area contributed by atoms with E-state index in [4.69, 9.17) is 15.2 Å². The lowest BCUT2D eigenvalue weighted by Gasteiger charge is -2.24. The molecule has 0 aliphatic carbocycles. The van der Waals surface area contributed by atoms with E-state index < -0.39 is 35.0 Å². The smallest absolute Gasteiger partial charge is 0.435 e. The van der Waals surface area contributed by atoms with Gasteiger partial charge in [-0.15, -0.1) is 5.10 Å². The number of amides is 1. The zero-order valence-corrected chi connectivity index (χ0v) is 20.9. The number of carbonyl (C=O) groups is 2. The number of rotatable bonds is 3. The molecule has 3 aromatic rings. The molecule has 2 aromatic carbocycles. The average Bonchev–Trinajstić information content (AvgIpc) is 3.01. The van der Waals surface area contributed by atoms with Crippen molar-refractivity contribution < 1.29 is 27.8 Å². The summed E-state index contributed by atoms with van der Waals surface area (Å²) in [6.45, 7) is 10.3. The number of nitrogen functional groups attached to an aromatic ring is 1. The van der Waals surface area contributed by atoms with Crippen LogP contribution >= 0.6 is 0 Å². The standard InChI is InChI=1S/C25H30F2N4O4/c1-24(2,3)34-22(32)30(7)13-14-10-17(26)20(18(27)11-14)15-8-9-19-16(12-15)21(28)29-31(19)23(33)35-25(4,5)6/h8-12H,13H2,1-7H3,(H2,28,29). The van der Waals surface area contributed by atoms with Gasteiger partial charge in [0.1, 0.15) is 22.8 Å². The summed E-state index contributed by atoms with van der Waals surface area (Å²) in [4.78, 5) is 25.9. The Bertz CT molecular complexity index is 1270. The maximum absolute atomic E-state index is 15.0. The Labute approximate surface area is 202 Å². The van der Waals surface area contributed by atoms with Crippen molar-refractivity contribution in [1.29, 1.82) is 0 Å². The summed E-state index contributed by atoms with van der Waals surface area (Å²) in [5.74, 6) is -1.60. The van der Waals surface area contributed by atoms with E-state index in [1.807, 2.05) is 0 Å². The number of benzene rings is 2. The Balaban J connectivity index is 1.92. The topological polar surface area (TPSA) is 99.7 Å². The molecule has 0 saturated heterocycles. The molecule has 0 saturated carbocycles. The fourth-order valence-electron chi connectivity index (χ4n) is 3.41. The molecule has 8 nitrogen and oxygen atoms in total. The van der Waals surface area contributed by atoms with Gasteiger partial charge in [0.25, 0.3) is 0 Å². The molecule has 35 heavy (non-hydrogen) atoms. The van der Waals surface area contributed by atoms with Gasteiger partial charge >= 0.3 is 12.2 Å². The summed E-state index contributed by atoms with van der Waals surface area (Å²) in [7, 11) is 1.48. The van der Waals surface area contributed by atoms with Crippen molar-refractivity contribution in [3.8, 4) is 11.1 Å². The maximum Gasteiger partial charge on any atom is 0.435 e. The maximum atomic E-state index is 15.0. The monoisotopic (exact) mass is 488 g/mol. The lowest BCUT2D eigenvalue weighted by Crippen LogP contribution is -2.33. The summed E-state index contributed by atoms with van der Waals surface area (Å²) >= 11 is 0. The van der Waals surface area contributed by atoms with Gasteiger partial charge in [-0.05, 0) is 76.9 Å². The minimum atomic E-state index is -0.810. The van der Waals surface area contributed by atoms with E-state index in [-0.39, 0.29) is 29.1 Å². The molecule has 0 fully saturated rings. The predicted molar refractivity (Wildman–Crippen MR) is 129 cm³/mol. The minimum absolute atomic E-state index is 0.0177. The van der Waals surface area contributed by atoms with Crippen molar-refractivity contribution in [2.24, 2.45) is 0 Å². The highest BCUT2D eigenvalue weighted by Gasteiger charge is 2.24. The second-order valence-corrected chi connectivity index (χ2v) is 10.3. The number of anilines is 1. The van der Waals surface area contributed by atoms with Crippen LogP contribution in [0.4, 0.5) is 24.2 Å². The first-order valence-corrected chi connectivity index (χ1v) is 11.0. The van der Waals surface area contributed by atoms with Crippen LogP contribution in [0.5, 0.6) is 0 Å². The molecule has 1 aromatic heterocycles. The molecular weight excluding hydrogens is 458 g/mol. The molecule has 0 unspecified atom stereocenters. The number of ether oxygens (including phenoxy) is 2. The summed E-state index contributed by atoms with van der Waals surface area (Å²) in [5, 5.41) is 4.37. The highest BCUT2D eigenvalue weighted by Crippen LogP contribution is 2.32. The van der Waals surface area contributed by atoms with E-state index >= 15 is 8.78 Å². The van der Waals surface area contributed by atoms with Crippen molar-refractivity contribution in [1.82, 2.24) is 14.7 Å². The van der Waals surface area contributed by atoms with Gasteiger partial charge < -0.3 is 20.1 Å². The number of hydrogen-bond acceptors (Lipinski definition) is 6. The van der Waals surface area contributed by atoms with Crippen molar-refractivity contribution in [3.05, 3.63) is 47.5 Å². The van der Waals surface area contributed by atoms with Gasteiger partial charge in [0.2, 0.25) is 0 Å². The van der Waals surface area contributed by atoms with E-state index in [2.05, 4.69) is 5.10 Å². The number of nitrogens with two attached hydrogens (primary N) is 1. The Morgan fingerprint density at radius 1 is 1.00 bits per heavy atom. The van der Waals surface area contributed by atoms with Crippen molar-refractivity contribution in [3.63, 3.8) is 0 Å². The number of carbonyl (C=O) groups excluding carboxylic acids is 2. The normalized spacial score (nSPS) is 12.0. The molecule has 0 radical (unpaired) electrons. The Hall–Kier alpha value is -3.69. The SMILES string of the molecule is CN(Cc1cc(F)c(-c2ccc3c(c2)c(N)nn3C(=O)OC(C)(C)C)c(F)c1)C(=O)OC(C)(C)C. The number of halogens is 2. The minimum Gasteiger partial charge on any atom is -0.444 e. The Morgan fingerprint density at radius 3 is 2.11 bits per heavy atom. The van der Waals surface area contributed by atoms with Crippen LogP contribution in [0.3, 0.4) is 0 Å². The van der Waals surface area contributed by atoms with Crippen LogP contribution in [0.15, 0.2) is 30.3 Å². The predicted octanol–water partition coefficient (Wildman–Crippen LogP) is 5.71. The molecule has 0 aliphatic rings. The van der Waals surface area contributed by atoms with Crippen molar-refractivity contribution in [2.45, 2.75) is 59.3 Å². The Kier molecular flexibility index (Phi) is 6.79. The van der Waals surface area contributed by atoms with Crippen LogP contribution < -0.4 is 5.73 Å². The van der Waals surface area contributed by atoms with Crippen LogP contribution in [0.25, 0.3) is 22.0 Å². The summed E-state index contributed by atoms with van der Waals surface area (Å²) in [5.41, 5.74) is 5.10. The molecule has 1 amide bonds. The fourth-order valence-corrected chi connectivity index (χ4v) is 3.41. The van der Waals surface area contributed by atoms with Crippen LogP contribution in [0, 0.1) is 11.6 Å². The quantitative estimate of drug-likeness (QED) is 0.507. The molecule has 1 heterocycles. The molecule has 3 rings (SSSR count). The molecule has 10 heteroatoms. The first-order chi connectivity index (χ1) is 16.1. The van der Waals surface area contributed by atoms with E-state index in [0.717, 1.165) is 16.8 Å². The average molecular weight is 489 g/mol. The molecule has 0 spiro atoms. The van der Waals surface area contributed by atoms with E-state index in [1.54, 1.807) is 41.5 Å². The summed E-state index contributed by atoms with van der Waals surface area (Å²) in [6, 6.07) is 6.76. The van der Waals surface area contributed by atoms with Crippen molar-refractivity contribution >= 4 is 28.9 Å².